The fraction of sp³-hybridized carbons (Fsp3) is 0.474. The summed E-state index contributed by atoms with van der Waals surface area (Å²) in [4.78, 5) is 14.7. The lowest BCUT2D eigenvalue weighted by atomic mass is 10.0. The molecule has 1 unspecified atom stereocenters. The van der Waals surface area contributed by atoms with Crippen LogP contribution >= 0.6 is 0 Å². The summed E-state index contributed by atoms with van der Waals surface area (Å²) in [5.41, 5.74) is 1.42. The van der Waals surface area contributed by atoms with E-state index in [0.29, 0.717) is 30.4 Å². The van der Waals surface area contributed by atoms with Crippen LogP contribution in [0.4, 0.5) is 4.39 Å². The number of aromatic nitrogens is 2. The number of amides is 1. The molecule has 134 valence electrons. The summed E-state index contributed by atoms with van der Waals surface area (Å²) in [6.45, 7) is 3.47. The van der Waals surface area contributed by atoms with Crippen molar-refractivity contribution >= 4 is 5.91 Å². The fourth-order valence-corrected chi connectivity index (χ4v) is 3.34. The Bertz CT molecular complexity index is 695. The van der Waals surface area contributed by atoms with Crippen LogP contribution in [0.3, 0.4) is 0 Å². The largest absolute Gasteiger partial charge is 0.337 e. The standard InChI is InChI=1S/C19H25FN4O/c1-2-23(14-15-8-6-7-11-21-15)19(25)17-13-22-24(18(17)12-20)16-9-4-3-5-10-16/h3-5,9-10,13,15,21H,2,6-8,11-12,14H2,1H3. The summed E-state index contributed by atoms with van der Waals surface area (Å²) < 4.78 is 15.2. The van der Waals surface area contributed by atoms with E-state index in [9.17, 15) is 9.18 Å². The van der Waals surface area contributed by atoms with Gasteiger partial charge in [0.15, 0.2) is 0 Å². The molecule has 1 atom stereocenters. The topological polar surface area (TPSA) is 50.2 Å². The van der Waals surface area contributed by atoms with Crippen LogP contribution in [0.5, 0.6) is 0 Å². The summed E-state index contributed by atoms with van der Waals surface area (Å²) in [7, 11) is 0. The second kappa shape index (κ2) is 8.25. The predicted molar refractivity (Wildman–Crippen MR) is 95.6 cm³/mol. The van der Waals surface area contributed by atoms with Gasteiger partial charge < -0.3 is 10.2 Å². The molecule has 0 aliphatic carbocycles. The van der Waals surface area contributed by atoms with E-state index in [2.05, 4.69) is 10.4 Å². The van der Waals surface area contributed by atoms with Gasteiger partial charge in [0.1, 0.15) is 6.67 Å². The average molecular weight is 344 g/mol. The Morgan fingerprint density at radius 3 is 2.80 bits per heavy atom. The molecule has 2 aromatic rings. The third-order valence-electron chi connectivity index (χ3n) is 4.75. The van der Waals surface area contributed by atoms with E-state index in [1.54, 1.807) is 4.90 Å². The van der Waals surface area contributed by atoms with Crippen molar-refractivity contribution < 1.29 is 9.18 Å². The highest BCUT2D eigenvalue weighted by Crippen LogP contribution is 2.19. The zero-order chi connectivity index (χ0) is 17.6. The summed E-state index contributed by atoms with van der Waals surface area (Å²) in [5, 5.41) is 7.72. The van der Waals surface area contributed by atoms with E-state index in [1.807, 2.05) is 37.3 Å². The third kappa shape index (κ3) is 3.90. The Hall–Kier alpha value is -2.21. The maximum atomic E-state index is 13.7. The molecule has 6 heteroatoms. The molecular formula is C19H25FN4O. The number of piperidine rings is 1. The number of carbonyl (C=O) groups excluding carboxylic acids is 1. The molecular weight excluding hydrogens is 319 g/mol. The minimum Gasteiger partial charge on any atom is -0.337 e. The number of hydrogen-bond acceptors (Lipinski definition) is 3. The van der Waals surface area contributed by atoms with Crippen molar-refractivity contribution in [1.29, 1.82) is 0 Å². The van der Waals surface area contributed by atoms with Gasteiger partial charge in [0.25, 0.3) is 5.91 Å². The molecule has 1 saturated heterocycles. The number of hydrogen-bond donors (Lipinski definition) is 1. The van der Waals surface area contributed by atoms with Gasteiger partial charge in [-0.1, -0.05) is 24.6 Å². The van der Waals surface area contributed by atoms with Gasteiger partial charge in [0, 0.05) is 19.1 Å². The summed E-state index contributed by atoms with van der Waals surface area (Å²) >= 11 is 0. The highest BCUT2D eigenvalue weighted by atomic mass is 19.1. The number of para-hydroxylation sites is 1. The highest BCUT2D eigenvalue weighted by Gasteiger charge is 2.25. The predicted octanol–water partition coefficient (Wildman–Crippen LogP) is 2.95. The monoisotopic (exact) mass is 344 g/mol. The Kier molecular flexibility index (Phi) is 5.81. The van der Waals surface area contributed by atoms with Crippen molar-refractivity contribution in [3.63, 3.8) is 0 Å². The number of halogens is 1. The van der Waals surface area contributed by atoms with Crippen LogP contribution in [0.2, 0.25) is 0 Å². The lowest BCUT2D eigenvalue weighted by molar-refractivity contribution is 0.0739. The quantitative estimate of drug-likeness (QED) is 0.876. The summed E-state index contributed by atoms with van der Waals surface area (Å²) in [5.74, 6) is -0.148. The van der Waals surface area contributed by atoms with Gasteiger partial charge in [-0.3, -0.25) is 4.79 Å². The number of alkyl halides is 1. The summed E-state index contributed by atoms with van der Waals surface area (Å²) in [6, 6.07) is 9.65. The molecule has 1 aliphatic rings. The van der Waals surface area contributed by atoms with Crippen molar-refractivity contribution in [3.05, 3.63) is 47.8 Å². The average Bonchev–Trinajstić information content (AvgIpc) is 3.11. The molecule has 1 aromatic carbocycles. The van der Waals surface area contributed by atoms with Crippen molar-refractivity contribution in [1.82, 2.24) is 20.0 Å². The van der Waals surface area contributed by atoms with Crippen molar-refractivity contribution in [2.75, 3.05) is 19.6 Å². The maximum absolute atomic E-state index is 13.7. The molecule has 0 bridgehead atoms. The van der Waals surface area contributed by atoms with E-state index in [4.69, 9.17) is 0 Å². The molecule has 3 rings (SSSR count). The molecule has 0 spiro atoms. The first-order valence-electron chi connectivity index (χ1n) is 8.95. The van der Waals surface area contributed by atoms with Crippen LogP contribution in [0.25, 0.3) is 5.69 Å². The number of benzene rings is 1. The van der Waals surface area contributed by atoms with Gasteiger partial charge in [0.2, 0.25) is 0 Å². The van der Waals surface area contributed by atoms with Crippen LogP contribution in [-0.2, 0) is 6.67 Å². The van der Waals surface area contributed by atoms with E-state index < -0.39 is 6.67 Å². The molecule has 1 amide bonds. The van der Waals surface area contributed by atoms with E-state index >= 15 is 0 Å². The number of nitrogens with zero attached hydrogens (tertiary/aromatic N) is 3. The molecule has 2 heterocycles. The molecule has 0 saturated carbocycles. The molecule has 1 N–H and O–H groups in total. The first-order valence-corrected chi connectivity index (χ1v) is 8.95. The van der Waals surface area contributed by atoms with Crippen LogP contribution in [0.15, 0.2) is 36.5 Å². The van der Waals surface area contributed by atoms with Crippen LogP contribution in [0, 0.1) is 0 Å². The number of nitrogens with one attached hydrogen (secondary N) is 1. The second-order valence-corrected chi connectivity index (χ2v) is 6.38. The van der Waals surface area contributed by atoms with E-state index in [1.165, 1.54) is 23.7 Å². The minimum absolute atomic E-state index is 0.148. The third-order valence-corrected chi connectivity index (χ3v) is 4.75. The molecule has 0 radical (unpaired) electrons. The minimum atomic E-state index is -0.727. The van der Waals surface area contributed by atoms with E-state index in [-0.39, 0.29) is 5.91 Å². The molecule has 25 heavy (non-hydrogen) atoms. The Morgan fingerprint density at radius 2 is 2.16 bits per heavy atom. The lowest BCUT2D eigenvalue weighted by Gasteiger charge is -2.30. The Morgan fingerprint density at radius 1 is 1.36 bits per heavy atom. The Balaban J connectivity index is 1.82. The van der Waals surface area contributed by atoms with Gasteiger partial charge in [-0.2, -0.15) is 5.10 Å². The van der Waals surface area contributed by atoms with Gasteiger partial charge >= 0.3 is 0 Å². The lowest BCUT2D eigenvalue weighted by Crippen LogP contribution is -2.45. The Labute approximate surface area is 147 Å². The van der Waals surface area contributed by atoms with Gasteiger partial charge in [-0.15, -0.1) is 0 Å². The normalized spacial score (nSPS) is 17.4. The maximum Gasteiger partial charge on any atom is 0.257 e. The smallest absolute Gasteiger partial charge is 0.257 e. The van der Waals surface area contributed by atoms with Crippen molar-refractivity contribution in [3.8, 4) is 5.69 Å². The molecule has 1 aromatic heterocycles. The molecule has 5 nitrogen and oxygen atoms in total. The van der Waals surface area contributed by atoms with Gasteiger partial charge in [-0.05, 0) is 38.4 Å². The zero-order valence-electron chi connectivity index (χ0n) is 14.6. The van der Waals surface area contributed by atoms with Crippen molar-refractivity contribution in [2.45, 2.75) is 38.9 Å². The van der Waals surface area contributed by atoms with Crippen LogP contribution in [0.1, 0.15) is 42.2 Å². The fourth-order valence-electron chi connectivity index (χ4n) is 3.34. The van der Waals surface area contributed by atoms with Crippen LogP contribution in [-0.4, -0.2) is 46.3 Å². The van der Waals surface area contributed by atoms with Gasteiger partial charge in [0.05, 0.1) is 23.1 Å². The SMILES string of the molecule is CCN(CC1CCCCN1)C(=O)c1cnn(-c2ccccc2)c1CF. The van der Waals surface area contributed by atoms with E-state index in [0.717, 1.165) is 18.7 Å². The first-order chi connectivity index (χ1) is 12.2. The van der Waals surface area contributed by atoms with Crippen LogP contribution < -0.4 is 5.32 Å². The number of likely N-dealkylation sites (N-methyl/N-ethyl adjacent to an activating group) is 1. The van der Waals surface area contributed by atoms with Crippen molar-refractivity contribution in [2.24, 2.45) is 0 Å². The molecule has 1 aliphatic heterocycles. The first kappa shape index (κ1) is 17.6. The van der Waals surface area contributed by atoms with Gasteiger partial charge in [-0.25, -0.2) is 9.07 Å². The second-order valence-electron chi connectivity index (χ2n) is 6.38. The summed E-state index contributed by atoms with van der Waals surface area (Å²) in [6.07, 6.45) is 4.93. The highest BCUT2D eigenvalue weighted by molar-refractivity contribution is 5.95. The zero-order valence-corrected chi connectivity index (χ0v) is 14.6. The number of rotatable bonds is 6. The molecule has 1 fully saturated rings. The number of carbonyl (C=O) groups is 1.